The number of aryl methyl sites for hydroxylation is 1. The van der Waals surface area contributed by atoms with E-state index in [1.807, 2.05) is 6.07 Å². The highest BCUT2D eigenvalue weighted by molar-refractivity contribution is 5.27. The molecule has 0 fully saturated rings. The molecule has 1 aromatic carbocycles. The van der Waals surface area contributed by atoms with Crippen LogP contribution in [0.5, 0.6) is 0 Å². The van der Waals surface area contributed by atoms with Crippen molar-refractivity contribution in [2.24, 2.45) is 0 Å². The van der Waals surface area contributed by atoms with Gasteiger partial charge in [-0.25, -0.2) is 4.39 Å². The van der Waals surface area contributed by atoms with Crippen molar-refractivity contribution in [3.05, 3.63) is 35.1 Å². The molecule has 1 nitrogen and oxygen atoms in total. The van der Waals surface area contributed by atoms with Crippen LogP contribution in [0.15, 0.2) is 18.2 Å². The summed E-state index contributed by atoms with van der Waals surface area (Å²) in [6.45, 7) is 7.53. The van der Waals surface area contributed by atoms with Crippen LogP contribution in [0.1, 0.15) is 57.1 Å². The van der Waals surface area contributed by atoms with Gasteiger partial charge in [-0.1, -0.05) is 39.2 Å². The van der Waals surface area contributed by atoms with E-state index in [2.05, 4.69) is 26.1 Å². The predicted molar refractivity (Wildman–Crippen MR) is 81.1 cm³/mol. The maximum absolute atomic E-state index is 13.3. The van der Waals surface area contributed by atoms with E-state index in [0.29, 0.717) is 6.04 Å². The SMILES string of the molecule is CCCCCC(Cc1cc(F)ccc1C)NCCC. The Morgan fingerprint density at radius 1 is 1.16 bits per heavy atom. The smallest absolute Gasteiger partial charge is 0.123 e. The maximum Gasteiger partial charge on any atom is 0.123 e. The molecule has 0 aromatic heterocycles. The first-order valence-corrected chi connectivity index (χ1v) is 7.65. The van der Waals surface area contributed by atoms with Gasteiger partial charge in [0, 0.05) is 6.04 Å². The molecule has 0 saturated heterocycles. The molecule has 1 atom stereocenters. The van der Waals surface area contributed by atoms with Crippen LogP contribution in [0.4, 0.5) is 4.39 Å². The first kappa shape index (κ1) is 16.2. The van der Waals surface area contributed by atoms with E-state index in [0.717, 1.165) is 24.9 Å². The van der Waals surface area contributed by atoms with Gasteiger partial charge >= 0.3 is 0 Å². The Hall–Kier alpha value is -0.890. The second-order valence-corrected chi connectivity index (χ2v) is 5.42. The van der Waals surface area contributed by atoms with Gasteiger partial charge in [-0.3, -0.25) is 0 Å². The second-order valence-electron chi connectivity index (χ2n) is 5.42. The van der Waals surface area contributed by atoms with E-state index in [9.17, 15) is 4.39 Å². The Bertz CT molecular complexity index is 362. The van der Waals surface area contributed by atoms with Crippen molar-refractivity contribution in [2.75, 3.05) is 6.54 Å². The lowest BCUT2D eigenvalue weighted by atomic mass is 9.97. The van der Waals surface area contributed by atoms with Gasteiger partial charge < -0.3 is 5.32 Å². The Morgan fingerprint density at radius 2 is 1.95 bits per heavy atom. The zero-order valence-corrected chi connectivity index (χ0v) is 12.6. The van der Waals surface area contributed by atoms with Crippen molar-refractivity contribution in [2.45, 2.75) is 65.3 Å². The molecule has 1 unspecified atom stereocenters. The number of unbranched alkanes of at least 4 members (excludes halogenated alkanes) is 2. The molecule has 0 spiro atoms. The van der Waals surface area contributed by atoms with Crippen LogP contribution in [-0.2, 0) is 6.42 Å². The highest BCUT2D eigenvalue weighted by Crippen LogP contribution is 2.15. The Labute approximate surface area is 117 Å². The summed E-state index contributed by atoms with van der Waals surface area (Å²) in [7, 11) is 0. The minimum atomic E-state index is -0.122. The fourth-order valence-electron chi connectivity index (χ4n) is 2.39. The van der Waals surface area contributed by atoms with Gasteiger partial charge in [-0.2, -0.15) is 0 Å². The average Bonchev–Trinajstić information content (AvgIpc) is 2.40. The number of rotatable bonds is 9. The predicted octanol–water partition coefficient (Wildman–Crippen LogP) is 4.63. The number of halogens is 1. The molecule has 0 radical (unpaired) electrons. The van der Waals surface area contributed by atoms with Gasteiger partial charge in [0.2, 0.25) is 0 Å². The molecule has 0 aliphatic heterocycles. The van der Waals surface area contributed by atoms with Crippen molar-refractivity contribution in [1.82, 2.24) is 5.32 Å². The highest BCUT2D eigenvalue weighted by Gasteiger charge is 2.10. The lowest BCUT2D eigenvalue weighted by molar-refractivity contribution is 0.455. The van der Waals surface area contributed by atoms with Gasteiger partial charge in [-0.15, -0.1) is 0 Å². The molecular formula is C17H28FN. The van der Waals surface area contributed by atoms with Crippen molar-refractivity contribution in [3.8, 4) is 0 Å². The summed E-state index contributed by atoms with van der Waals surface area (Å²) in [6.07, 6.45) is 7.06. The minimum Gasteiger partial charge on any atom is -0.314 e. The summed E-state index contributed by atoms with van der Waals surface area (Å²) in [5.74, 6) is -0.122. The molecule has 1 N–H and O–H groups in total. The second kappa shape index (κ2) is 9.08. The summed E-state index contributed by atoms with van der Waals surface area (Å²) < 4.78 is 13.3. The molecule has 0 amide bonds. The van der Waals surface area contributed by atoms with E-state index in [-0.39, 0.29) is 5.82 Å². The van der Waals surface area contributed by atoms with Crippen LogP contribution in [0.3, 0.4) is 0 Å². The normalized spacial score (nSPS) is 12.6. The van der Waals surface area contributed by atoms with Crippen molar-refractivity contribution in [3.63, 3.8) is 0 Å². The Balaban J connectivity index is 2.61. The van der Waals surface area contributed by atoms with Crippen LogP contribution >= 0.6 is 0 Å². The first-order chi connectivity index (χ1) is 9.17. The molecule has 1 rings (SSSR count). The number of hydrogen-bond donors (Lipinski definition) is 1. The molecular weight excluding hydrogens is 237 g/mol. The topological polar surface area (TPSA) is 12.0 Å². The zero-order chi connectivity index (χ0) is 14.1. The standard InChI is InChI=1S/C17H28FN/c1-4-6-7-8-17(19-11-5-2)13-15-12-16(18)10-9-14(15)3/h9-10,12,17,19H,4-8,11,13H2,1-3H3. The minimum absolute atomic E-state index is 0.122. The molecule has 0 aliphatic rings. The third-order valence-electron chi connectivity index (χ3n) is 3.62. The zero-order valence-electron chi connectivity index (χ0n) is 12.6. The summed E-state index contributed by atoms with van der Waals surface area (Å²) in [4.78, 5) is 0. The molecule has 0 bridgehead atoms. The third kappa shape index (κ3) is 6.20. The van der Waals surface area contributed by atoms with Crippen molar-refractivity contribution >= 4 is 0 Å². The summed E-state index contributed by atoms with van der Waals surface area (Å²) >= 11 is 0. The van der Waals surface area contributed by atoms with E-state index in [1.165, 1.54) is 31.2 Å². The summed E-state index contributed by atoms with van der Waals surface area (Å²) in [5, 5.41) is 3.60. The van der Waals surface area contributed by atoms with Crippen LogP contribution in [0.2, 0.25) is 0 Å². The van der Waals surface area contributed by atoms with Gasteiger partial charge in [-0.05, 0) is 56.0 Å². The molecule has 108 valence electrons. The van der Waals surface area contributed by atoms with E-state index in [1.54, 1.807) is 12.1 Å². The fourth-order valence-corrected chi connectivity index (χ4v) is 2.39. The summed E-state index contributed by atoms with van der Waals surface area (Å²) in [6, 6.07) is 5.60. The van der Waals surface area contributed by atoms with Crippen LogP contribution < -0.4 is 5.32 Å². The Morgan fingerprint density at radius 3 is 2.63 bits per heavy atom. The molecule has 2 heteroatoms. The molecule has 1 aromatic rings. The molecule has 19 heavy (non-hydrogen) atoms. The molecule has 0 heterocycles. The fraction of sp³-hybridized carbons (Fsp3) is 0.647. The van der Waals surface area contributed by atoms with Crippen molar-refractivity contribution < 1.29 is 4.39 Å². The Kier molecular flexibility index (Phi) is 7.73. The van der Waals surface area contributed by atoms with E-state index >= 15 is 0 Å². The van der Waals surface area contributed by atoms with Gasteiger partial charge in [0.15, 0.2) is 0 Å². The van der Waals surface area contributed by atoms with Crippen LogP contribution in [-0.4, -0.2) is 12.6 Å². The van der Waals surface area contributed by atoms with E-state index in [4.69, 9.17) is 0 Å². The number of hydrogen-bond acceptors (Lipinski definition) is 1. The van der Waals surface area contributed by atoms with Crippen LogP contribution in [0, 0.1) is 12.7 Å². The first-order valence-electron chi connectivity index (χ1n) is 7.65. The maximum atomic E-state index is 13.3. The molecule has 0 aliphatic carbocycles. The molecule has 0 saturated carbocycles. The largest absolute Gasteiger partial charge is 0.314 e. The quantitative estimate of drug-likeness (QED) is 0.642. The van der Waals surface area contributed by atoms with Gasteiger partial charge in [0.1, 0.15) is 5.82 Å². The monoisotopic (exact) mass is 265 g/mol. The average molecular weight is 265 g/mol. The van der Waals surface area contributed by atoms with Gasteiger partial charge in [0.25, 0.3) is 0 Å². The highest BCUT2D eigenvalue weighted by atomic mass is 19.1. The lowest BCUT2D eigenvalue weighted by Gasteiger charge is -2.19. The van der Waals surface area contributed by atoms with Gasteiger partial charge in [0.05, 0.1) is 0 Å². The lowest BCUT2D eigenvalue weighted by Crippen LogP contribution is -2.32. The number of benzene rings is 1. The van der Waals surface area contributed by atoms with E-state index < -0.39 is 0 Å². The summed E-state index contributed by atoms with van der Waals surface area (Å²) in [5.41, 5.74) is 2.34. The number of nitrogens with one attached hydrogen (secondary N) is 1. The van der Waals surface area contributed by atoms with Crippen molar-refractivity contribution in [1.29, 1.82) is 0 Å². The third-order valence-corrected chi connectivity index (χ3v) is 3.62. The van der Waals surface area contributed by atoms with Crippen LogP contribution in [0.25, 0.3) is 0 Å².